The van der Waals surface area contributed by atoms with Crippen molar-refractivity contribution in [2.75, 3.05) is 7.05 Å². The molecule has 0 bridgehead atoms. The van der Waals surface area contributed by atoms with Gasteiger partial charge in [-0.05, 0) is 26.3 Å². The molecule has 0 aliphatic rings. The van der Waals surface area contributed by atoms with E-state index in [0.29, 0.717) is 12.5 Å². The van der Waals surface area contributed by atoms with Crippen LogP contribution in [0.4, 0.5) is 0 Å². The minimum atomic E-state index is 0.281. The quantitative estimate of drug-likeness (QED) is 0.650. The van der Waals surface area contributed by atoms with Crippen LogP contribution in [0.1, 0.15) is 40.9 Å². The standard InChI is InChI=1S/C18H26N4S/c1-12(16-9-7-6-8-10-16)13(2)22-18(19-5)20-11-17-21-14(3)15(4)23-17/h6-10,12-13H,11H2,1-5H3,(H2,19,20,22). The van der Waals surface area contributed by atoms with Crippen molar-refractivity contribution >= 4 is 17.3 Å². The first-order chi connectivity index (χ1) is 11.0. The van der Waals surface area contributed by atoms with E-state index in [0.717, 1.165) is 16.7 Å². The Hall–Kier alpha value is -1.88. The van der Waals surface area contributed by atoms with Crippen LogP contribution < -0.4 is 10.6 Å². The fourth-order valence-electron chi connectivity index (χ4n) is 2.35. The highest BCUT2D eigenvalue weighted by Crippen LogP contribution is 2.18. The fourth-order valence-corrected chi connectivity index (χ4v) is 3.23. The zero-order valence-electron chi connectivity index (χ0n) is 14.6. The molecule has 0 amide bonds. The molecule has 0 fully saturated rings. The number of benzene rings is 1. The zero-order chi connectivity index (χ0) is 16.8. The van der Waals surface area contributed by atoms with Crippen LogP contribution in [0.2, 0.25) is 0 Å². The van der Waals surface area contributed by atoms with Gasteiger partial charge in [-0.2, -0.15) is 0 Å². The summed E-state index contributed by atoms with van der Waals surface area (Å²) in [6.07, 6.45) is 0. The summed E-state index contributed by atoms with van der Waals surface area (Å²) in [4.78, 5) is 10.1. The normalized spacial score (nSPS) is 14.4. The summed E-state index contributed by atoms with van der Waals surface area (Å²) in [6, 6.07) is 10.8. The number of aryl methyl sites for hydroxylation is 2. The summed E-state index contributed by atoms with van der Waals surface area (Å²) in [5.74, 6) is 1.21. The SMILES string of the molecule is CN=C(NCc1nc(C)c(C)s1)NC(C)C(C)c1ccccc1. The lowest BCUT2D eigenvalue weighted by Crippen LogP contribution is -2.43. The van der Waals surface area contributed by atoms with Gasteiger partial charge >= 0.3 is 0 Å². The summed E-state index contributed by atoms with van der Waals surface area (Å²) >= 11 is 1.73. The highest BCUT2D eigenvalue weighted by molar-refractivity contribution is 7.11. The number of thiazole rings is 1. The van der Waals surface area contributed by atoms with E-state index in [9.17, 15) is 0 Å². The van der Waals surface area contributed by atoms with Crippen molar-refractivity contribution in [3.63, 3.8) is 0 Å². The van der Waals surface area contributed by atoms with Crippen LogP contribution >= 0.6 is 11.3 Å². The van der Waals surface area contributed by atoms with Crippen molar-refractivity contribution in [2.24, 2.45) is 4.99 Å². The van der Waals surface area contributed by atoms with Crippen LogP contribution in [0.5, 0.6) is 0 Å². The first-order valence-electron chi connectivity index (χ1n) is 7.96. The van der Waals surface area contributed by atoms with Crippen LogP contribution in [-0.4, -0.2) is 24.0 Å². The first kappa shape index (κ1) is 17.5. The Labute approximate surface area is 143 Å². The highest BCUT2D eigenvalue weighted by atomic mass is 32.1. The first-order valence-corrected chi connectivity index (χ1v) is 8.78. The molecule has 2 unspecified atom stereocenters. The summed E-state index contributed by atoms with van der Waals surface area (Å²) in [6.45, 7) is 9.26. The number of aliphatic imine (C=N–C) groups is 1. The van der Waals surface area contributed by atoms with Gasteiger partial charge in [0.2, 0.25) is 0 Å². The maximum Gasteiger partial charge on any atom is 0.191 e. The van der Waals surface area contributed by atoms with Gasteiger partial charge in [-0.3, -0.25) is 4.99 Å². The van der Waals surface area contributed by atoms with Gasteiger partial charge in [0.1, 0.15) is 5.01 Å². The number of hydrogen-bond acceptors (Lipinski definition) is 3. The van der Waals surface area contributed by atoms with Gasteiger partial charge in [0.15, 0.2) is 5.96 Å². The molecule has 23 heavy (non-hydrogen) atoms. The van der Waals surface area contributed by atoms with E-state index < -0.39 is 0 Å². The third-order valence-electron chi connectivity index (χ3n) is 4.14. The number of aromatic nitrogens is 1. The molecule has 2 N–H and O–H groups in total. The molecule has 0 radical (unpaired) electrons. The lowest BCUT2D eigenvalue weighted by molar-refractivity contribution is 0.550. The van der Waals surface area contributed by atoms with Crippen molar-refractivity contribution < 1.29 is 0 Å². The Morgan fingerprint density at radius 2 is 1.91 bits per heavy atom. The summed E-state index contributed by atoms with van der Waals surface area (Å²) in [5.41, 5.74) is 2.44. The van der Waals surface area contributed by atoms with Gasteiger partial charge in [-0.15, -0.1) is 11.3 Å². The van der Waals surface area contributed by atoms with Gasteiger partial charge < -0.3 is 10.6 Å². The van der Waals surface area contributed by atoms with E-state index >= 15 is 0 Å². The molecule has 0 aliphatic carbocycles. The van der Waals surface area contributed by atoms with Gasteiger partial charge in [0, 0.05) is 23.9 Å². The third kappa shape index (κ3) is 4.79. The van der Waals surface area contributed by atoms with E-state index in [-0.39, 0.29) is 6.04 Å². The predicted molar refractivity (Wildman–Crippen MR) is 99.2 cm³/mol. The van der Waals surface area contributed by atoms with Gasteiger partial charge in [-0.25, -0.2) is 4.98 Å². The van der Waals surface area contributed by atoms with Gasteiger partial charge in [-0.1, -0.05) is 37.3 Å². The Morgan fingerprint density at radius 1 is 1.22 bits per heavy atom. The fraction of sp³-hybridized carbons (Fsp3) is 0.444. The van der Waals surface area contributed by atoms with Crippen LogP contribution in [0.3, 0.4) is 0 Å². The molecule has 5 heteroatoms. The van der Waals surface area contributed by atoms with Crippen molar-refractivity contribution in [2.45, 2.75) is 46.2 Å². The topological polar surface area (TPSA) is 49.3 Å². The molecule has 2 aromatic rings. The summed E-state index contributed by atoms with van der Waals surface area (Å²) < 4.78 is 0. The smallest absolute Gasteiger partial charge is 0.191 e. The van der Waals surface area contributed by atoms with Crippen LogP contribution in [0, 0.1) is 13.8 Å². The molecule has 1 aromatic heterocycles. The molecule has 2 atom stereocenters. The van der Waals surface area contributed by atoms with Crippen molar-refractivity contribution in [3.05, 3.63) is 51.5 Å². The average molecular weight is 331 g/mol. The van der Waals surface area contributed by atoms with E-state index in [4.69, 9.17) is 0 Å². The van der Waals surface area contributed by atoms with E-state index in [1.165, 1.54) is 10.4 Å². The second-order valence-electron chi connectivity index (χ2n) is 5.81. The lowest BCUT2D eigenvalue weighted by atomic mass is 9.94. The third-order valence-corrected chi connectivity index (χ3v) is 5.22. The van der Waals surface area contributed by atoms with Crippen molar-refractivity contribution in [1.29, 1.82) is 0 Å². The lowest BCUT2D eigenvalue weighted by Gasteiger charge is -2.23. The second-order valence-corrected chi connectivity index (χ2v) is 7.10. The van der Waals surface area contributed by atoms with Gasteiger partial charge in [0.05, 0.1) is 12.2 Å². The number of guanidine groups is 1. The maximum atomic E-state index is 4.55. The van der Waals surface area contributed by atoms with Crippen LogP contribution in [0.15, 0.2) is 35.3 Å². The number of nitrogens with zero attached hydrogens (tertiary/aromatic N) is 2. The zero-order valence-corrected chi connectivity index (χ0v) is 15.4. The molecule has 0 spiro atoms. The van der Waals surface area contributed by atoms with E-state index in [1.54, 1.807) is 18.4 Å². The molecule has 4 nitrogen and oxygen atoms in total. The maximum absolute atomic E-state index is 4.55. The number of rotatable bonds is 5. The molecule has 0 saturated carbocycles. The molecule has 124 valence electrons. The Bertz CT molecular complexity index is 629. The summed E-state index contributed by atoms with van der Waals surface area (Å²) in [5, 5.41) is 7.91. The molecule has 2 rings (SSSR count). The van der Waals surface area contributed by atoms with Crippen molar-refractivity contribution in [3.8, 4) is 0 Å². The average Bonchev–Trinajstić information content (AvgIpc) is 2.89. The largest absolute Gasteiger partial charge is 0.353 e. The Kier molecular flexibility index (Phi) is 6.16. The molecule has 1 aromatic carbocycles. The van der Waals surface area contributed by atoms with E-state index in [1.807, 2.05) is 13.0 Å². The number of nitrogens with one attached hydrogen (secondary N) is 2. The van der Waals surface area contributed by atoms with Crippen LogP contribution in [0.25, 0.3) is 0 Å². The summed E-state index contributed by atoms with van der Waals surface area (Å²) in [7, 11) is 1.80. The Balaban J connectivity index is 1.91. The molecular weight excluding hydrogens is 304 g/mol. The molecule has 0 saturated heterocycles. The van der Waals surface area contributed by atoms with Crippen molar-refractivity contribution in [1.82, 2.24) is 15.6 Å². The minimum absolute atomic E-state index is 0.281. The molecule has 0 aliphatic heterocycles. The highest BCUT2D eigenvalue weighted by Gasteiger charge is 2.15. The van der Waals surface area contributed by atoms with E-state index in [2.05, 4.69) is 65.6 Å². The molecule has 1 heterocycles. The monoisotopic (exact) mass is 330 g/mol. The van der Waals surface area contributed by atoms with Crippen LogP contribution in [-0.2, 0) is 6.54 Å². The van der Waals surface area contributed by atoms with Gasteiger partial charge in [0.25, 0.3) is 0 Å². The predicted octanol–water partition coefficient (Wildman–Crippen LogP) is 3.62. The number of hydrogen-bond donors (Lipinski definition) is 2. The second kappa shape index (κ2) is 8.11. The molecular formula is C18H26N4S. The minimum Gasteiger partial charge on any atom is -0.353 e. The Morgan fingerprint density at radius 3 is 2.48 bits per heavy atom.